The smallest absolute Gasteiger partial charge is 0.0169 e. The number of hydrogen-bond donors (Lipinski definition) is 1. The Morgan fingerprint density at radius 3 is 2.70 bits per heavy atom. The van der Waals surface area contributed by atoms with Crippen LogP contribution in [0.4, 0.5) is 0 Å². The molecule has 4 rings (SSSR count). The lowest BCUT2D eigenvalue weighted by molar-refractivity contribution is 0.0799. The molecule has 1 saturated heterocycles. The molecule has 2 fully saturated rings. The zero-order valence-corrected chi connectivity index (χ0v) is 14.3. The van der Waals surface area contributed by atoms with Crippen LogP contribution < -0.4 is 5.32 Å². The van der Waals surface area contributed by atoms with Gasteiger partial charge in [-0.3, -0.25) is 4.90 Å². The third-order valence-electron chi connectivity index (χ3n) is 6.53. The molecule has 1 spiro atoms. The van der Waals surface area contributed by atoms with E-state index in [2.05, 4.69) is 46.6 Å². The lowest BCUT2D eigenvalue weighted by atomic mass is 9.70. The highest BCUT2D eigenvalue weighted by Gasteiger charge is 2.43. The maximum Gasteiger partial charge on any atom is 0.0169 e. The van der Waals surface area contributed by atoms with Crippen molar-refractivity contribution >= 4 is 5.57 Å². The molecule has 23 heavy (non-hydrogen) atoms. The molecule has 0 radical (unpaired) electrons. The van der Waals surface area contributed by atoms with Crippen molar-refractivity contribution in [3.05, 3.63) is 42.0 Å². The van der Waals surface area contributed by atoms with Gasteiger partial charge in [0.05, 0.1) is 0 Å². The van der Waals surface area contributed by atoms with E-state index in [0.717, 1.165) is 12.5 Å². The van der Waals surface area contributed by atoms with Gasteiger partial charge in [-0.05, 0) is 54.7 Å². The van der Waals surface area contributed by atoms with Crippen molar-refractivity contribution in [2.45, 2.75) is 38.5 Å². The fourth-order valence-electron chi connectivity index (χ4n) is 5.12. The monoisotopic (exact) mass is 310 g/mol. The van der Waals surface area contributed by atoms with E-state index in [1.54, 1.807) is 5.57 Å². The minimum Gasteiger partial charge on any atom is -0.316 e. The van der Waals surface area contributed by atoms with Gasteiger partial charge in [-0.25, -0.2) is 0 Å². The summed E-state index contributed by atoms with van der Waals surface area (Å²) in [6, 6.07) is 10.9. The molecule has 3 aliphatic rings. The van der Waals surface area contributed by atoms with E-state index in [9.17, 15) is 0 Å². The van der Waals surface area contributed by atoms with Crippen LogP contribution in [0.15, 0.2) is 36.4 Å². The summed E-state index contributed by atoms with van der Waals surface area (Å²) < 4.78 is 0. The van der Waals surface area contributed by atoms with Crippen LogP contribution in [-0.2, 0) is 0 Å². The van der Waals surface area contributed by atoms with Gasteiger partial charge in [0.15, 0.2) is 0 Å². The largest absolute Gasteiger partial charge is 0.316 e. The topological polar surface area (TPSA) is 15.3 Å². The summed E-state index contributed by atoms with van der Waals surface area (Å²) in [6.45, 7) is 6.20. The van der Waals surface area contributed by atoms with Crippen LogP contribution in [-0.4, -0.2) is 37.6 Å². The maximum atomic E-state index is 3.68. The van der Waals surface area contributed by atoms with E-state index in [0.29, 0.717) is 5.41 Å². The second-order valence-electron chi connectivity index (χ2n) is 7.84. The average Bonchev–Trinajstić information content (AvgIpc) is 3.08. The van der Waals surface area contributed by atoms with Crippen LogP contribution in [0.2, 0.25) is 0 Å². The normalized spacial score (nSPS) is 28.0. The molecule has 0 bridgehead atoms. The summed E-state index contributed by atoms with van der Waals surface area (Å²) in [4.78, 5) is 2.71. The van der Waals surface area contributed by atoms with Gasteiger partial charge in [-0.15, -0.1) is 0 Å². The Hall–Kier alpha value is -1.12. The molecule has 1 aliphatic carbocycles. The number of nitrogens with one attached hydrogen (secondary N) is 1. The molecule has 0 amide bonds. The van der Waals surface area contributed by atoms with E-state index < -0.39 is 0 Å². The number of rotatable bonds is 3. The first-order chi connectivity index (χ1) is 11.4. The number of nitrogens with zero attached hydrogens (tertiary/aromatic N) is 1. The molecule has 1 atom stereocenters. The molecule has 2 heterocycles. The predicted octanol–water partition coefficient (Wildman–Crippen LogP) is 3.95. The minimum absolute atomic E-state index is 0.627. The quantitative estimate of drug-likeness (QED) is 0.909. The highest BCUT2D eigenvalue weighted by atomic mass is 15.1. The lowest BCUT2D eigenvalue weighted by Gasteiger charge is -2.44. The minimum atomic E-state index is 0.627. The van der Waals surface area contributed by atoms with Crippen molar-refractivity contribution in [3.63, 3.8) is 0 Å². The summed E-state index contributed by atoms with van der Waals surface area (Å²) >= 11 is 0. The highest BCUT2D eigenvalue weighted by Crippen LogP contribution is 2.47. The summed E-state index contributed by atoms with van der Waals surface area (Å²) in [6.07, 6.45) is 10.9. The van der Waals surface area contributed by atoms with Gasteiger partial charge in [-0.2, -0.15) is 0 Å². The maximum absolute atomic E-state index is 3.68. The molecule has 1 N–H and O–H groups in total. The van der Waals surface area contributed by atoms with Crippen molar-refractivity contribution in [1.29, 1.82) is 0 Å². The van der Waals surface area contributed by atoms with Gasteiger partial charge in [0.1, 0.15) is 0 Å². The molecule has 1 aromatic carbocycles. The third kappa shape index (κ3) is 3.25. The van der Waals surface area contributed by atoms with Crippen LogP contribution in [0.1, 0.15) is 44.1 Å². The second kappa shape index (κ2) is 6.78. The van der Waals surface area contributed by atoms with E-state index in [-0.39, 0.29) is 0 Å². The van der Waals surface area contributed by atoms with Crippen LogP contribution in [0.5, 0.6) is 0 Å². The van der Waals surface area contributed by atoms with Gasteiger partial charge in [0, 0.05) is 26.2 Å². The first-order valence-corrected chi connectivity index (χ1v) is 9.53. The van der Waals surface area contributed by atoms with Crippen molar-refractivity contribution in [3.8, 4) is 0 Å². The zero-order chi connectivity index (χ0) is 15.5. The Morgan fingerprint density at radius 2 is 1.96 bits per heavy atom. The average molecular weight is 310 g/mol. The fourth-order valence-corrected chi connectivity index (χ4v) is 5.12. The summed E-state index contributed by atoms with van der Waals surface area (Å²) in [5.74, 6) is 0.915. The Bertz CT molecular complexity index is 542. The highest BCUT2D eigenvalue weighted by molar-refractivity contribution is 5.66. The molecule has 124 valence electrons. The first kappa shape index (κ1) is 15.4. The van der Waals surface area contributed by atoms with Gasteiger partial charge in [0.25, 0.3) is 0 Å². The molecular formula is C21H30N2. The SMILES string of the molecule is C1=C(c2ccccc2)CCN(CC2CCNCC23CCCC3)C1. The Kier molecular flexibility index (Phi) is 4.54. The van der Waals surface area contributed by atoms with Gasteiger partial charge >= 0.3 is 0 Å². The molecule has 1 aromatic rings. The van der Waals surface area contributed by atoms with E-state index >= 15 is 0 Å². The summed E-state index contributed by atoms with van der Waals surface area (Å²) in [5, 5.41) is 3.68. The van der Waals surface area contributed by atoms with Gasteiger partial charge < -0.3 is 5.32 Å². The van der Waals surface area contributed by atoms with Gasteiger partial charge in [-0.1, -0.05) is 49.2 Å². The Labute approximate surface area is 141 Å². The molecule has 0 aromatic heterocycles. The lowest BCUT2D eigenvalue weighted by Crippen LogP contribution is -2.49. The number of hydrogen-bond acceptors (Lipinski definition) is 2. The van der Waals surface area contributed by atoms with Crippen molar-refractivity contribution < 1.29 is 0 Å². The molecule has 2 heteroatoms. The van der Waals surface area contributed by atoms with Crippen LogP contribution in [0.25, 0.3) is 5.57 Å². The number of piperidine rings is 1. The Balaban J connectivity index is 1.40. The van der Waals surface area contributed by atoms with E-state index in [4.69, 9.17) is 0 Å². The fraction of sp³-hybridized carbons (Fsp3) is 0.619. The summed E-state index contributed by atoms with van der Waals surface area (Å²) in [5.41, 5.74) is 3.59. The first-order valence-electron chi connectivity index (χ1n) is 9.53. The molecule has 2 nitrogen and oxygen atoms in total. The van der Waals surface area contributed by atoms with Crippen LogP contribution >= 0.6 is 0 Å². The van der Waals surface area contributed by atoms with Crippen LogP contribution in [0.3, 0.4) is 0 Å². The summed E-state index contributed by atoms with van der Waals surface area (Å²) in [7, 11) is 0. The molecular weight excluding hydrogens is 280 g/mol. The zero-order valence-electron chi connectivity index (χ0n) is 14.3. The predicted molar refractivity (Wildman–Crippen MR) is 97.4 cm³/mol. The van der Waals surface area contributed by atoms with Crippen LogP contribution in [0, 0.1) is 11.3 Å². The van der Waals surface area contributed by atoms with Gasteiger partial charge in [0.2, 0.25) is 0 Å². The van der Waals surface area contributed by atoms with Crippen molar-refractivity contribution in [1.82, 2.24) is 10.2 Å². The van der Waals surface area contributed by atoms with E-state index in [1.807, 2.05) is 0 Å². The third-order valence-corrected chi connectivity index (χ3v) is 6.53. The van der Waals surface area contributed by atoms with E-state index in [1.165, 1.54) is 70.3 Å². The molecule has 1 saturated carbocycles. The molecule has 2 aliphatic heterocycles. The van der Waals surface area contributed by atoms with Crippen molar-refractivity contribution in [2.24, 2.45) is 11.3 Å². The number of benzene rings is 1. The standard InChI is InChI=1S/C21H30N2/c1-2-6-18(7-3-1)19-9-14-23(15-10-19)16-20-8-13-22-17-21(20)11-4-5-12-21/h1-3,6-7,9,20,22H,4-5,8,10-17H2. The second-order valence-corrected chi connectivity index (χ2v) is 7.84. The Morgan fingerprint density at radius 1 is 1.13 bits per heavy atom. The van der Waals surface area contributed by atoms with Crippen molar-refractivity contribution in [2.75, 3.05) is 32.7 Å². The molecule has 1 unspecified atom stereocenters.